The molecule has 1 aromatic heterocycles. The molecule has 5 heteroatoms. The Hall–Kier alpha value is -2.14. The van der Waals surface area contributed by atoms with Crippen LogP contribution in [-0.2, 0) is 0 Å². The van der Waals surface area contributed by atoms with Crippen molar-refractivity contribution in [3.05, 3.63) is 36.0 Å². The van der Waals surface area contributed by atoms with E-state index in [1.165, 1.54) is 0 Å². The molecule has 0 spiro atoms. The number of nitrogens with zero attached hydrogens (tertiary/aromatic N) is 2. The van der Waals surface area contributed by atoms with Crippen LogP contribution < -0.4 is 16.4 Å². The van der Waals surface area contributed by atoms with Crippen LogP contribution >= 0.6 is 0 Å². The number of carbonyl (C=O) groups is 1. The summed E-state index contributed by atoms with van der Waals surface area (Å²) in [4.78, 5) is 18.3. The molecule has 0 radical (unpaired) electrons. The Labute approximate surface area is 117 Å². The number of para-hydroxylation sites is 1. The van der Waals surface area contributed by atoms with Gasteiger partial charge in [0.05, 0.1) is 16.8 Å². The summed E-state index contributed by atoms with van der Waals surface area (Å²) < 4.78 is 0. The van der Waals surface area contributed by atoms with Gasteiger partial charge in [0.1, 0.15) is 0 Å². The van der Waals surface area contributed by atoms with E-state index in [9.17, 15) is 4.79 Å². The summed E-state index contributed by atoms with van der Waals surface area (Å²) in [6, 6.07) is 8.07. The maximum atomic E-state index is 11.7. The molecule has 1 atom stereocenters. The molecule has 20 heavy (non-hydrogen) atoms. The predicted octanol–water partition coefficient (Wildman–Crippen LogP) is 1.26. The molecule has 1 aliphatic rings. The number of rotatable bonds is 3. The molecule has 1 aromatic carbocycles. The van der Waals surface area contributed by atoms with Crippen molar-refractivity contribution >= 4 is 22.5 Å². The molecule has 0 saturated carbocycles. The summed E-state index contributed by atoms with van der Waals surface area (Å²) in [6.07, 6.45) is 3.70. The number of fused-ring (bicyclic) bond motifs is 1. The first-order valence-corrected chi connectivity index (χ1v) is 6.86. The quantitative estimate of drug-likeness (QED) is 0.879. The van der Waals surface area contributed by atoms with Crippen molar-refractivity contribution in [2.45, 2.75) is 18.9 Å². The van der Waals surface area contributed by atoms with Gasteiger partial charge in [-0.05, 0) is 18.9 Å². The Kier molecular flexibility index (Phi) is 3.28. The van der Waals surface area contributed by atoms with Crippen molar-refractivity contribution in [3.8, 4) is 0 Å². The standard InChI is InChI=1S/C15H18N4O/c16-8-10-4-3-7-19(10)14-11-5-1-2-6-13(11)18-9-12(14)15(17)20/h1-2,5-6,9-10H,3-4,7-8,16H2,(H2,17,20). The lowest BCUT2D eigenvalue weighted by atomic mass is 10.1. The topological polar surface area (TPSA) is 85.2 Å². The number of aromatic nitrogens is 1. The van der Waals surface area contributed by atoms with Crippen LogP contribution in [0, 0.1) is 0 Å². The number of amides is 1. The number of benzene rings is 1. The minimum Gasteiger partial charge on any atom is -0.366 e. The molecule has 2 aromatic rings. The van der Waals surface area contributed by atoms with E-state index in [-0.39, 0.29) is 6.04 Å². The van der Waals surface area contributed by atoms with E-state index in [2.05, 4.69) is 9.88 Å². The first-order valence-electron chi connectivity index (χ1n) is 6.86. The first-order chi connectivity index (χ1) is 9.72. The highest BCUT2D eigenvalue weighted by molar-refractivity contribution is 6.06. The predicted molar refractivity (Wildman–Crippen MR) is 79.7 cm³/mol. The van der Waals surface area contributed by atoms with Crippen LogP contribution in [0.1, 0.15) is 23.2 Å². The first kappa shape index (κ1) is 12.9. The third-order valence-electron chi connectivity index (χ3n) is 3.95. The second-order valence-electron chi connectivity index (χ2n) is 5.13. The van der Waals surface area contributed by atoms with E-state index in [0.29, 0.717) is 12.1 Å². The average molecular weight is 270 g/mol. The van der Waals surface area contributed by atoms with E-state index in [1.54, 1.807) is 6.20 Å². The summed E-state index contributed by atoms with van der Waals surface area (Å²) >= 11 is 0. The lowest BCUT2D eigenvalue weighted by Gasteiger charge is -2.28. The minimum atomic E-state index is -0.444. The van der Waals surface area contributed by atoms with Gasteiger partial charge >= 0.3 is 0 Å². The number of pyridine rings is 1. The molecule has 3 rings (SSSR count). The summed E-state index contributed by atoms with van der Waals surface area (Å²) in [7, 11) is 0. The van der Waals surface area contributed by atoms with Gasteiger partial charge in [0.2, 0.25) is 0 Å². The summed E-state index contributed by atoms with van der Waals surface area (Å²) in [5.41, 5.74) is 13.6. The Morgan fingerprint density at radius 3 is 2.95 bits per heavy atom. The summed E-state index contributed by atoms with van der Waals surface area (Å²) in [5, 5.41) is 0.962. The minimum absolute atomic E-state index is 0.263. The SMILES string of the molecule is NCC1CCCN1c1c(C(N)=O)cnc2ccccc12. The Morgan fingerprint density at radius 2 is 2.20 bits per heavy atom. The number of hydrogen-bond acceptors (Lipinski definition) is 4. The highest BCUT2D eigenvalue weighted by Gasteiger charge is 2.28. The average Bonchev–Trinajstić information content (AvgIpc) is 2.93. The highest BCUT2D eigenvalue weighted by Crippen LogP contribution is 2.34. The molecule has 1 fully saturated rings. The van der Waals surface area contributed by atoms with Crippen LogP contribution in [-0.4, -0.2) is 30.0 Å². The van der Waals surface area contributed by atoms with E-state index in [4.69, 9.17) is 11.5 Å². The zero-order valence-corrected chi connectivity index (χ0v) is 11.2. The molecular weight excluding hydrogens is 252 g/mol. The molecule has 1 amide bonds. The zero-order valence-electron chi connectivity index (χ0n) is 11.2. The van der Waals surface area contributed by atoms with Crippen LogP contribution in [0.25, 0.3) is 10.9 Å². The van der Waals surface area contributed by atoms with Crippen molar-refractivity contribution in [2.24, 2.45) is 11.5 Å². The van der Waals surface area contributed by atoms with Crippen LogP contribution in [0.4, 0.5) is 5.69 Å². The molecule has 0 bridgehead atoms. The van der Waals surface area contributed by atoms with Gasteiger partial charge in [-0.1, -0.05) is 18.2 Å². The second-order valence-corrected chi connectivity index (χ2v) is 5.13. The van der Waals surface area contributed by atoms with Crippen LogP contribution in [0.15, 0.2) is 30.5 Å². The number of carbonyl (C=O) groups excluding carboxylic acids is 1. The van der Waals surface area contributed by atoms with E-state index in [0.717, 1.165) is 36.0 Å². The number of hydrogen-bond donors (Lipinski definition) is 2. The van der Waals surface area contributed by atoms with Gasteiger partial charge < -0.3 is 16.4 Å². The largest absolute Gasteiger partial charge is 0.366 e. The monoisotopic (exact) mass is 270 g/mol. The maximum Gasteiger partial charge on any atom is 0.252 e. The lowest BCUT2D eigenvalue weighted by molar-refractivity contribution is 0.100. The normalized spacial score (nSPS) is 18.6. The van der Waals surface area contributed by atoms with Gasteiger partial charge in [-0.2, -0.15) is 0 Å². The zero-order chi connectivity index (χ0) is 14.1. The van der Waals surface area contributed by atoms with Crippen molar-refractivity contribution in [3.63, 3.8) is 0 Å². The molecule has 4 N–H and O–H groups in total. The van der Waals surface area contributed by atoms with E-state index < -0.39 is 5.91 Å². The van der Waals surface area contributed by atoms with Crippen LogP contribution in [0.2, 0.25) is 0 Å². The number of primary amides is 1. The van der Waals surface area contributed by atoms with Crippen molar-refractivity contribution in [2.75, 3.05) is 18.0 Å². The molecule has 5 nitrogen and oxygen atoms in total. The molecule has 0 aliphatic carbocycles. The second kappa shape index (κ2) is 5.09. The van der Waals surface area contributed by atoms with Gasteiger partial charge in [-0.25, -0.2) is 0 Å². The van der Waals surface area contributed by atoms with Crippen LogP contribution in [0.3, 0.4) is 0 Å². The fourth-order valence-corrected chi connectivity index (χ4v) is 2.99. The van der Waals surface area contributed by atoms with Gasteiger partial charge in [-0.3, -0.25) is 9.78 Å². The molecule has 1 unspecified atom stereocenters. The lowest BCUT2D eigenvalue weighted by Crippen LogP contribution is -2.37. The fraction of sp³-hybridized carbons (Fsp3) is 0.333. The molecular formula is C15H18N4O. The van der Waals surface area contributed by atoms with Gasteiger partial charge in [-0.15, -0.1) is 0 Å². The Morgan fingerprint density at radius 1 is 1.40 bits per heavy atom. The smallest absolute Gasteiger partial charge is 0.252 e. The molecule has 1 aliphatic heterocycles. The van der Waals surface area contributed by atoms with Gasteiger partial charge in [0.15, 0.2) is 0 Å². The number of nitrogens with two attached hydrogens (primary N) is 2. The molecule has 104 valence electrons. The highest BCUT2D eigenvalue weighted by atomic mass is 16.1. The van der Waals surface area contributed by atoms with Crippen molar-refractivity contribution < 1.29 is 4.79 Å². The fourth-order valence-electron chi connectivity index (χ4n) is 2.99. The third kappa shape index (κ3) is 2.00. The van der Waals surface area contributed by atoms with Gasteiger partial charge in [0, 0.05) is 30.7 Å². The Bertz CT molecular complexity index is 655. The van der Waals surface area contributed by atoms with Crippen LogP contribution in [0.5, 0.6) is 0 Å². The molecule has 1 saturated heterocycles. The third-order valence-corrected chi connectivity index (χ3v) is 3.95. The number of anilines is 1. The summed E-state index contributed by atoms with van der Waals surface area (Å²) in [5.74, 6) is -0.444. The van der Waals surface area contributed by atoms with E-state index in [1.807, 2.05) is 24.3 Å². The molecule has 2 heterocycles. The van der Waals surface area contributed by atoms with E-state index >= 15 is 0 Å². The maximum absolute atomic E-state index is 11.7. The Balaban J connectivity index is 2.24. The van der Waals surface area contributed by atoms with Gasteiger partial charge in [0.25, 0.3) is 5.91 Å². The van der Waals surface area contributed by atoms with Crippen molar-refractivity contribution in [1.82, 2.24) is 4.98 Å². The summed E-state index contributed by atoms with van der Waals surface area (Å²) in [6.45, 7) is 1.48. The van der Waals surface area contributed by atoms with Crippen molar-refractivity contribution in [1.29, 1.82) is 0 Å².